The molecule has 2 aliphatic heterocycles. The monoisotopic (exact) mass is 486 g/mol. The number of carbonyl (C=O) groups excluding carboxylic acids is 1. The Morgan fingerprint density at radius 2 is 2.03 bits per heavy atom. The minimum atomic E-state index is 0.0559. The molecule has 0 spiro atoms. The van der Waals surface area contributed by atoms with Gasteiger partial charge in [-0.05, 0) is 42.3 Å². The molecule has 5 rings (SSSR count). The van der Waals surface area contributed by atoms with Crippen LogP contribution in [0, 0.1) is 0 Å². The van der Waals surface area contributed by atoms with Crippen molar-refractivity contribution in [1.82, 2.24) is 19.7 Å². The van der Waals surface area contributed by atoms with E-state index in [2.05, 4.69) is 30.2 Å². The third-order valence-electron chi connectivity index (χ3n) is 7.21. The second-order valence-corrected chi connectivity index (χ2v) is 9.69. The molecular formula is C28H34N6O2. The average molecular weight is 487 g/mol. The first-order valence-corrected chi connectivity index (χ1v) is 12.7. The predicted octanol–water partition coefficient (Wildman–Crippen LogP) is 3.74. The maximum Gasteiger partial charge on any atom is 0.219 e. The van der Waals surface area contributed by atoms with Gasteiger partial charge in [-0.15, -0.1) is 0 Å². The fourth-order valence-electron chi connectivity index (χ4n) is 5.06. The zero-order valence-electron chi connectivity index (χ0n) is 21.3. The lowest BCUT2D eigenvalue weighted by Crippen LogP contribution is -2.40. The Hall–Kier alpha value is -3.52. The number of piperidine rings is 1. The first-order chi connectivity index (χ1) is 17.4. The van der Waals surface area contributed by atoms with Crippen molar-refractivity contribution in [3.63, 3.8) is 0 Å². The summed E-state index contributed by atoms with van der Waals surface area (Å²) in [7, 11) is 1.90. The number of rotatable bonds is 4. The summed E-state index contributed by atoms with van der Waals surface area (Å²) in [6.07, 6.45) is 9.13. The number of nitrogens with two attached hydrogens (primary N) is 1. The Balaban J connectivity index is 1.63. The van der Waals surface area contributed by atoms with E-state index in [1.54, 1.807) is 11.6 Å². The summed E-state index contributed by atoms with van der Waals surface area (Å²) in [6.45, 7) is 6.38. The Morgan fingerprint density at radius 1 is 1.22 bits per heavy atom. The SMILES string of the molecule is CCc1cc(C(N)=C2CN(C(C)=O)CCC2=NC2CCOCC2)c2cnc(-c3cnn(C)c3)cc2c1. The third-order valence-corrected chi connectivity index (χ3v) is 7.21. The smallest absolute Gasteiger partial charge is 0.219 e. The lowest BCUT2D eigenvalue weighted by Gasteiger charge is -2.31. The van der Waals surface area contributed by atoms with Gasteiger partial charge in [0.25, 0.3) is 0 Å². The molecule has 8 nitrogen and oxygen atoms in total. The van der Waals surface area contributed by atoms with E-state index in [1.165, 1.54) is 5.56 Å². The summed E-state index contributed by atoms with van der Waals surface area (Å²) < 4.78 is 7.31. The highest BCUT2D eigenvalue weighted by molar-refractivity contribution is 6.10. The molecule has 1 amide bonds. The molecule has 188 valence electrons. The molecule has 36 heavy (non-hydrogen) atoms. The predicted molar refractivity (Wildman–Crippen MR) is 143 cm³/mol. The maximum absolute atomic E-state index is 12.3. The number of aromatic nitrogens is 3. The number of carbonyl (C=O) groups is 1. The van der Waals surface area contributed by atoms with Crippen LogP contribution in [0.15, 0.2) is 47.4 Å². The molecule has 0 atom stereocenters. The standard InChI is InChI=1S/C28H34N6O2/c1-4-19-11-20-13-27(21-14-31-33(3)16-21)30-15-24(20)23(12-19)28(29)25-17-34(18(2)35)8-5-26(25)32-22-6-9-36-10-7-22/h11-16,22H,4-10,17,29H2,1-3H3. The molecule has 0 bridgehead atoms. The molecule has 0 radical (unpaired) electrons. The Labute approximate surface area is 211 Å². The molecule has 2 N–H and O–H groups in total. The van der Waals surface area contributed by atoms with Crippen molar-refractivity contribution in [3.8, 4) is 11.3 Å². The van der Waals surface area contributed by atoms with Gasteiger partial charge in [0.15, 0.2) is 0 Å². The van der Waals surface area contributed by atoms with Crippen molar-refractivity contribution in [2.24, 2.45) is 17.8 Å². The van der Waals surface area contributed by atoms with E-state index in [1.807, 2.05) is 30.5 Å². The highest BCUT2D eigenvalue weighted by atomic mass is 16.5. The van der Waals surface area contributed by atoms with E-state index in [4.69, 9.17) is 20.4 Å². The number of nitrogens with zero attached hydrogens (tertiary/aromatic N) is 5. The van der Waals surface area contributed by atoms with Crippen molar-refractivity contribution in [2.45, 2.75) is 45.6 Å². The fraction of sp³-hybridized carbons (Fsp3) is 0.429. The quantitative estimate of drug-likeness (QED) is 0.606. The second-order valence-electron chi connectivity index (χ2n) is 9.69. The van der Waals surface area contributed by atoms with Crippen molar-refractivity contribution in [3.05, 3.63) is 53.5 Å². The van der Waals surface area contributed by atoms with Crippen molar-refractivity contribution in [2.75, 3.05) is 26.3 Å². The number of likely N-dealkylation sites (tertiary alicyclic amines) is 1. The highest BCUT2D eigenvalue weighted by Gasteiger charge is 2.26. The molecule has 2 saturated heterocycles. The van der Waals surface area contributed by atoms with Gasteiger partial charge in [-0.25, -0.2) is 0 Å². The van der Waals surface area contributed by atoms with Gasteiger partial charge in [-0.3, -0.25) is 19.5 Å². The van der Waals surface area contributed by atoms with Gasteiger partial charge in [0.1, 0.15) is 0 Å². The zero-order valence-corrected chi connectivity index (χ0v) is 21.3. The van der Waals surface area contributed by atoms with Crippen LogP contribution in [0.5, 0.6) is 0 Å². The molecule has 2 aromatic heterocycles. The largest absolute Gasteiger partial charge is 0.398 e. The molecule has 2 fully saturated rings. The van der Waals surface area contributed by atoms with Crippen LogP contribution < -0.4 is 5.73 Å². The minimum absolute atomic E-state index is 0.0559. The van der Waals surface area contributed by atoms with Gasteiger partial charge in [0.2, 0.25) is 5.91 Å². The average Bonchev–Trinajstić information content (AvgIpc) is 3.34. The zero-order chi connectivity index (χ0) is 25.2. The molecule has 0 unspecified atom stereocenters. The van der Waals surface area contributed by atoms with Crippen LogP contribution >= 0.6 is 0 Å². The molecule has 3 aromatic rings. The van der Waals surface area contributed by atoms with Crippen LogP contribution in [-0.4, -0.2) is 63.6 Å². The number of hydrogen-bond acceptors (Lipinski definition) is 6. The Kier molecular flexibility index (Phi) is 6.87. The summed E-state index contributed by atoms with van der Waals surface area (Å²) >= 11 is 0. The number of benzene rings is 1. The van der Waals surface area contributed by atoms with E-state index >= 15 is 0 Å². The van der Waals surface area contributed by atoms with E-state index in [-0.39, 0.29) is 11.9 Å². The van der Waals surface area contributed by atoms with Crippen molar-refractivity contribution < 1.29 is 9.53 Å². The molecule has 8 heteroatoms. The molecule has 1 aromatic carbocycles. The van der Waals surface area contributed by atoms with Gasteiger partial charge in [-0.1, -0.05) is 13.0 Å². The van der Waals surface area contributed by atoms with Gasteiger partial charge in [0, 0.05) is 92.6 Å². The number of ether oxygens (including phenoxy) is 1. The summed E-state index contributed by atoms with van der Waals surface area (Å²) in [5, 5.41) is 6.37. The first-order valence-electron chi connectivity index (χ1n) is 12.7. The number of hydrogen-bond donors (Lipinski definition) is 1. The highest BCUT2D eigenvalue weighted by Crippen LogP contribution is 2.31. The minimum Gasteiger partial charge on any atom is -0.398 e. The topological polar surface area (TPSA) is 98.6 Å². The van der Waals surface area contributed by atoms with Crippen LogP contribution in [0.2, 0.25) is 0 Å². The Bertz CT molecular complexity index is 1350. The first kappa shape index (κ1) is 24.2. The van der Waals surface area contributed by atoms with Crippen molar-refractivity contribution >= 4 is 28.1 Å². The number of aliphatic imine (C=N–C) groups is 1. The number of amides is 1. The third kappa shape index (κ3) is 4.91. The lowest BCUT2D eigenvalue weighted by atomic mass is 9.92. The molecular weight excluding hydrogens is 452 g/mol. The second kappa shape index (κ2) is 10.2. The van der Waals surface area contributed by atoms with Gasteiger partial charge >= 0.3 is 0 Å². The number of fused-ring (bicyclic) bond motifs is 1. The van der Waals surface area contributed by atoms with Crippen LogP contribution in [0.1, 0.15) is 44.2 Å². The van der Waals surface area contributed by atoms with Crippen LogP contribution in [0.4, 0.5) is 0 Å². The van der Waals surface area contributed by atoms with Crippen molar-refractivity contribution in [1.29, 1.82) is 0 Å². The normalized spacial score (nSPS) is 19.8. The van der Waals surface area contributed by atoms with Crippen LogP contribution in [0.3, 0.4) is 0 Å². The summed E-state index contributed by atoms with van der Waals surface area (Å²) in [6, 6.07) is 6.71. The summed E-state index contributed by atoms with van der Waals surface area (Å²) in [4.78, 5) is 24.0. The maximum atomic E-state index is 12.3. The van der Waals surface area contributed by atoms with Gasteiger partial charge in [0.05, 0.1) is 17.9 Å². The lowest BCUT2D eigenvalue weighted by molar-refractivity contribution is -0.128. The van der Waals surface area contributed by atoms with E-state index < -0.39 is 0 Å². The summed E-state index contributed by atoms with van der Waals surface area (Å²) in [5.41, 5.74) is 13.6. The number of pyridine rings is 1. The molecule has 4 heterocycles. The van der Waals surface area contributed by atoms with Crippen LogP contribution in [0.25, 0.3) is 27.7 Å². The van der Waals surface area contributed by atoms with E-state index in [0.717, 1.165) is 71.4 Å². The molecule has 0 aliphatic carbocycles. The molecule has 2 aliphatic rings. The van der Waals surface area contributed by atoms with Gasteiger partial charge < -0.3 is 15.4 Å². The van der Waals surface area contributed by atoms with E-state index in [0.29, 0.717) is 25.2 Å². The van der Waals surface area contributed by atoms with Crippen LogP contribution in [-0.2, 0) is 23.0 Å². The van der Waals surface area contributed by atoms with E-state index in [9.17, 15) is 4.79 Å². The number of aryl methyl sites for hydroxylation is 2. The summed E-state index contributed by atoms with van der Waals surface area (Å²) in [5.74, 6) is 0.0559. The molecule has 0 saturated carbocycles. The fourth-order valence-corrected chi connectivity index (χ4v) is 5.06. The van der Waals surface area contributed by atoms with Gasteiger partial charge in [-0.2, -0.15) is 5.10 Å². The Morgan fingerprint density at radius 3 is 2.72 bits per heavy atom.